The van der Waals surface area contributed by atoms with E-state index in [9.17, 15) is 13.2 Å². The maximum absolute atomic E-state index is 11.8. The number of thiophene rings is 1. The number of nitrogens with two attached hydrogens (primary N) is 1. The van der Waals surface area contributed by atoms with Gasteiger partial charge in [-0.2, -0.15) is 0 Å². The van der Waals surface area contributed by atoms with Crippen molar-refractivity contribution in [3.63, 3.8) is 0 Å². The highest BCUT2D eigenvalue weighted by Crippen LogP contribution is 2.20. The summed E-state index contributed by atoms with van der Waals surface area (Å²) in [6.07, 6.45) is 1.30. The first-order chi connectivity index (χ1) is 8.50. The standard InChI is InChI=1S/C11H16N2O3S2/c12-10(9-4-1-5-17-9)11(14)13-7-8-3-2-6-18(8,15)16/h1,4-5,8,10H,2-3,6-7,12H2,(H,13,14). The lowest BCUT2D eigenvalue weighted by atomic mass is 10.2. The SMILES string of the molecule is NC(C(=O)NCC1CCCS1(=O)=O)c1cccs1. The fourth-order valence-corrected chi connectivity index (χ4v) is 4.50. The predicted octanol–water partition coefficient (Wildman–Crippen LogP) is 0.441. The van der Waals surface area contributed by atoms with E-state index in [2.05, 4.69) is 5.32 Å². The second-order valence-corrected chi connectivity index (χ2v) is 7.75. The van der Waals surface area contributed by atoms with Gasteiger partial charge in [0.2, 0.25) is 5.91 Å². The third-order valence-corrected chi connectivity index (χ3v) is 6.33. The van der Waals surface area contributed by atoms with Gasteiger partial charge in [-0.15, -0.1) is 11.3 Å². The smallest absolute Gasteiger partial charge is 0.242 e. The normalized spacial score (nSPS) is 23.7. The highest BCUT2D eigenvalue weighted by Gasteiger charge is 2.31. The van der Waals surface area contributed by atoms with E-state index < -0.39 is 21.1 Å². The van der Waals surface area contributed by atoms with E-state index >= 15 is 0 Å². The Balaban J connectivity index is 1.89. The molecule has 1 amide bonds. The molecule has 100 valence electrons. The lowest BCUT2D eigenvalue weighted by molar-refractivity contribution is -0.122. The Morgan fingerprint density at radius 1 is 1.61 bits per heavy atom. The number of hydrogen-bond donors (Lipinski definition) is 2. The van der Waals surface area contributed by atoms with Crippen LogP contribution in [0.4, 0.5) is 0 Å². The van der Waals surface area contributed by atoms with E-state index in [1.807, 2.05) is 11.4 Å². The first kappa shape index (κ1) is 13.5. The van der Waals surface area contributed by atoms with E-state index in [0.717, 1.165) is 4.88 Å². The van der Waals surface area contributed by atoms with Crippen LogP contribution >= 0.6 is 11.3 Å². The summed E-state index contributed by atoms with van der Waals surface area (Å²) in [7, 11) is -3.02. The lowest BCUT2D eigenvalue weighted by Crippen LogP contribution is -2.39. The molecule has 0 radical (unpaired) electrons. The van der Waals surface area contributed by atoms with Crippen LogP contribution in [0.1, 0.15) is 23.8 Å². The van der Waals surface area contributed by atoms with E-state index in [0.29, 0.717) is 12.8 Å². The lowest BCUT2D eigenvalue weighted by Gasteiger charge is -2.13. The summed E-state index contributed by atoms with van der Waals surface area (Å²) in [6.45, 7) is 0.167. The fourth-order valence-electron chi connectivity index (χ4n) is 2.01. The zero-order valence-corrected chi connectivity index (χ0v) is 11.5. The van der Waals surface area contributed by atoms with E-state index in [4.69, 9.17) is 5.73 Å². The number of hydrogen-bond acceptors (Lipinski definition) is 5. The molecule has 5 nitrogen and oxygen atoms in total. The molecular formula is C11H16N2O3S2. The molecule has 1 saturated heterocycles. The summed E-state index contributed by atoms with van der Waals surface area (Å²) in [5.74, 6) is -0.0932. The molecule has 1 aliphatic heterocycles. The van der Waals surface area contributed by atoms with Gasteiger partial charge >= 0.3 is 0 Å². The van der Waals surface area contributed by atoms with Crippen LogP contribution in [0.15, 0.2) is 17.5 Å². The minimum absolute atomic E-state index is 0.167. The maximum atomic E-state index is 11.8. The van der Waals surface area contributed by atoms with Crippen LogP contribution in [0, 0.1) is 0 Å². The summed E-state index contributed by atoms with van der Waals surface area (Å²) < 4.78 is 23.2. The molecule has 0 aromatic carbocycles. The van der Waals surface area contributed by atoms with Crippen LogP contribution in [0.3, 0.4) is 0 Å². The Morgan fingerprint density at radius 3 is 2.94 bits per heavy atom. The Morgan fingerprint density at radius 2 is 2.39 bits per heavy atom. The highest BCUT2D eigenvalue weighted by molar-refractivity contribution is 7.92. The van der Waals surface area contributed by atoms with Gasteiger partial charge in [0.15, 0.2) is 9.84 Å². The van der Waals surface area contributed by atoms with Gasteiger partial charge in [0.05, 0.1) is 11.0 Å². The van der Waals surface area contributed by atoms with Gasteiger partial charge < -0.3 is 11.1 Å². The summed E-state index contributed by atoms with van der Waals surface area (Å²) in [5, 5.41) is 4.04. The molecule has 2 rings (SSSR count). The summed E-state index contributed by atoms with van der Waals surface area (Å²) in [5.41, 5.74) is 5.78. The third kappa shape index (κ3) is 2.90. The molecule has 0 bridgehead atoms. The maximum Gasteiger partial charge on any atom is 0.242 e. The molecule has 0 spiro atoms. The molecule has 1 aliphatic rings. The van der Waals surface area contributed by atoms with Crippen molar-refractivity contribution in [1.29, 1.82) is 0 Å². The van der Waals surface area contributed by atoms with Gasteiger partial charge in [0, 0.05) is 11.4 Å². The molecule has 1 aromatic rings. The van der Waals surface area contributed by atoms with E-state index in [-0.39, 0.29) is 18.2 Å². The molecule has 2 heterocycles. The summed E-state index contributed by atoms with van der Waals surface area (Å²) in [6, 6.07) is 2.91. The predicted molar refractivity (Wildman–Crippen MR) is 71.1 cm³/mol. The molecular weight excluding hydrogens is 272 g/mol. The number of carbonyl (C=O) groups is 1. The van der Waals surface area contributed by atoms with Crippen molar-refractivity contribution in [2.24, 2.45) is 5.73 Å². The molecule has 2 atom stereocenters. The monoisotopic (exact) mass is 288 g/mol. The summed E-state index contributed by atoms with van der Waals surface area (Å²) >= 11 is 1.41. The number of rotatable bonds is 4. The summed E-state index contributed by atoms with van der Waals surface area (Å²) in [4.78, 5) is 12.6. The Kier molecular flexibility index (Phi) is 4.04. The molecule has 18 heavy (non-hydrogen) atoms. The zero-order valence-electron chi connectivity index (χ0n) is 9.83. The van der Waals surface area contributed by atoms with Crippen molar-refractivity contribution >= 4 is 27.1 Å². The van der Waals surface area contributed by atoms with E-state index in [1.54, 1.807) is 6.07 Å². The number of amides is 1. The van der Waals surface area contributed by atoms with Crippen LogP contribution in [0.5, 0.6) is 0 Å². The van der Waals surface area contributed by atoms with Crippen LogP contribution in [-0.4, -0.2) is 31.9 Å². The molecule has 1 fully saturated rings. The van der Waals surface area contributed by atoms with Crippen molar-refractivity contribution in [3.05, 3.63) is 22.4 Å². The van der Waals surface area contributed by atoms with E-state index in [1.165, 1.54) is 11.3 Å². The third-order valence-electron chi connectivity index (χ3n) is 3.10. The number of sulfone groups is 1. The molecule has 0 saturated carbocycles. The van der Waals surface area contributed by atoms with Crippen molar-refractivity contribution in [2.45, 2.75) is 24.1 Å². The zero-order chi connectivity index (χ0) is 13.2. The highest BCUT2D eigenvalue weighted by atomic mass is 32.2. The van der Waals surface area contributed by atoms with Gasteiger partial charge in [0.25, 0.3) is 0 Å². The van der Waals surface area contributed by atoms with Crippen LogP contribution in [0.2, 0.25) is 0 Å². The van der Waals surface area contributed by atoms with Gasteiger partial charge in [-0.1, -0.05) is 6.07 Å². The quantitative estimate of drug-likeness (QED) is 0.841. The molecule has 2 unspecified atom stereocenters. The van der Waals surface area contributed by atoms with Crippen molar-refractivity contribution < 1.29 is 13.2 Å². The Bertz CT molecular complexity index is 510. The van der Waals surface area contributed by atoms with Gasteiger partial charge in [0.1, 0.15) is 6.04 Å². The topological polar surface area (TPSA) is 89.3 Å². The fraction of sp³-hybridized carbons (Fsp3) is 0.545. The van der Waals surface area contributed by atoms with Crippen molar-refractivity contribution in [3.8, 4) is 0 Å². The second kappa shape index (κ2) is 5.38. The average molecular weight is 288 g/mol. The second-order valence-electron chi connectivity index (χ2n) is 4.37. The van der Waals surface area contributed by atoms with Gasteiger partial charge in [-0.3, -0.25) is 4.79 Å². The molecule has 3 N–H and O–H groups in total. The van der Waals surface area contributed by atoms with Crippen LogP contribution in [0.25, 0.3) is 0 Å². The van der Waals surface area contributed by atoms with Crippen LogP contribution in [-0.2, 0) is 14.6 Å². The Hall–Kier alpha value is -0.920. The first-order valence-electron chi connectivity index (χ1n) is 5.79. The van der Waals surface area contributed by atoms with Crippen LogP contribution < -0.4 is 11.1 Å². The molecule has 1 aromatic heterocycles. The van der Waals surface area contributed by atoms with Crippen molar-refractivity contribution in [1.82, 2.24) is 5.32 Å². The van der Waals surface area contributed by atoms with Gasteiger partial charge in [-0.25, -0.2) is 8.42 Å². The average Bonchev–Trinajstić information content (AvgIpc) is 2.94. The Labute approximate surface area is 110 Å². The first-order valence-corrected chi connectivity index (χ1v) is 8.38. The number of carbonyl (C=O) groups excluding carboxylic acids is 1. The van der Waals surface area contributed by atoms with Crippen molar-refractivity contribution in [2.75, 3.05) is 12.3 Å². The molecule has 7 heteroatoms. The van der Waals surface area contributed by atoms with Gasteiger partial charge in [-0.05, 0) is 24.3 Å². The largest absolute Gasteiger partial charge is 0.353 e. The number of nitrogens with one attached hydrogen (secondary N) is 1. The minimum Gasteiger partial charge on any atom is -0.353 e. The minimum atomic E-state index is -3.02. The molecule has 0 aliphatic carbocycles.